The second-order valence-electron chi connectivity index (χ2n) is 2.76. The molecule has 0 aromatic rings. The molecule has 0 saturated carbocycles. The zero-order valence-corrected chi connectivity index (χ0v) is 6.58. The lowest BCUT2D eigenvalue weighted by Gasteiger charge is -2.16. The third-order valence-corrected chi connectivity index (χ3v) is 1.82. The van der Waals surface area contributed by atoms with E-state index in [1.165, 1.54) is 0 Å². The molecule has 0 bridgehead atoms. The topological polar surface area (TPSA) is 32.7 Å². The summed E-state index contributed by atoms with van der Waals surface area (Å²) in [5, 5.41) is 8.63. The molecule has 1 N–H and O–H groups in total. The summed E-state index contributed by atoms with van der Waals surface area (Å²) in [7, 11) is 0. The predicted molar refractivity (Wildman–Crippen MR) is 38.7 cm³/mol. The van der Waals surface area contributed by atoms with E-state index in [0.29, 0.717) is 6.10 Å². The monoisotopic (exact) mass is 145 g/mol. The fourth-order valence-electron chi connectivity index (χ4n) is 1.35. The van der Waals surface area contributed by atoms with Gasteiger partial charge in [0.1, 0.15) is 6.23 Å². The molecule has 0 aliphatic carbocycles. The summed E-state index contributed by atoms with van der Waals surface area (Å²) in [5.41, 5.74) is 0. The number of β-amino-alcohol motifs (C(OH)–C–C–N with tert-alkyl or cyclic N) is 1. The molecule has 1 saturated heterocycles. The van der Waals surface area contributed by atoms with E-state index in [1.807, 2.05) is 13.8 Å². The Morgan fingerprint density at radius 2 is 2.30 bits per heavy atom. The van der Waals surface area contributed by atoms with Gasteiger partial charge in [0.05, 0.1) is 12.7 Å². The van der Waals surface area contributed by atoms with Crippen LogP contribution in [0.5, 0.6) is 0 Å². The van der Waals surface area contributed by atoms with Gasteiger partial charge in [-0.25, -0.2) is 0 Å². The minimum Gasteiger partial charge on any atom is -0.395 e. The van der Waals surface area contributed by atoms with Crippen LogP contribution in [0, 0.1) is 0 Å². The quantitative estimate of drug-likeness (QED) is 0.595. The molecule has 1 fully saturated rings. The van der Waals surface area contributed by atoms with Crippen LogP contribution in [-0.4, -0.2) is 42.0 Å². The van der Waals surface area contributed by atoms with Crippen LogP contribution >= 0.6 is 0 Å². The highest BCUT2D eigenvalue weighted by Gasteiger charge is 2.25. The molecule has 0 aromatic carbocycles. The third-order valence-electron chi connectivity index (χ3n) is 1.82. The largest absolute Gasteiger partial charge is 0.395 e. The second kappa shape index (κ2) is 3.32. The maximum absolute atomic E-state index is 8.63. The van der Waals surface area contributed by atoms with Crippen molar-refractivity contribution in [2.75, 3.05) is 19.7 Å². The van der Waals surface area contributed by atoms with E-state index in [1.54, 1.807) is 0 Å². The highest BCUT2D eigenvalue weighted by atomic mass is 16.5. The average molecular weight is 145 g/mol. The number of rotatable bonds is 2. The Kier molecular flexibility index (Phi) is 2.65. The Bertz CT molecular complexity index is 108. The van der Waals surface area contributed by atoms with Crippen LogP contribution in [0.15, 0.2) is 0 Å². The minimum atomic E-state index is 0.183. The van der Waals surface area contributed by atoms with Gasteiger partial charge in [0, 0.05) is 13.1 Å². The lowest BCUT2D eigenvalue weighted by atomic mass is 10.4. The molecule has 3 heteroatoms. The average Bonchev–Trinajstić information content (AvgIpc) is 2.13. The van der Waals surface area contributed by atoms with E-state index in [9.17, 15) is 0 Å². The third kappa shape index (κ3) is 1.68. The first-order valence-electron chi connectivity index (χ1n) is 3.74. The van der Waals surface area contributed by atoms with Crippen molar-refractivity contribution in [3.8, 4) is 0 Å². The van der Waals surface area contributed by atoms with Crippen molar-refractivity contribution in [3.63, 3.8) is 0 Å². The summed E-state index contributed by atoms with van der Waals surface area (Å²) in [4.78, 5) is 2.13. The van der Waals surface area contributed by atoms with Gasteiger partial charge in [0.2, 0.25) is 0 Å². The van der Waals surface area contributed by atoms with Crippen LogP contribution in [0.3, 0.4) is 0 Å². The van der Waals surface area contributed by atoms with Gasteiger partial charge in [0.15, 0.2) is 0 Å². The Morgan fingerprint density at radius 3 is 2.70 bits per heavy atom. The number of nitrogens with zero attached hydrogens (tertiary/aromatic N) is 1. The van der Waals surface area contributed by atoms with Gasteiger partial charge < -0.3 is 9.84 Å². The van der Waals surface area contributed by atoms with Crippen molar-refractivity contribution in [2.45, 2.75) is 26.2 Å². The predicted octanol–water partition coefficient (Wildman–Crippen LogP) is 0.0454. The number of aliphatic hydroxyl groups excluding tert-OH is 1. The number of ether oxygens (including phenoxy) is 1. The van der Waals surface area contributed by atoms with Crippen LogP contribution in [0.1, 0.15) is 13.8 Å². The zero-order valence-electron chi connectivity index (χ0n) is 6.58. The molecule has 0 radical (unpaired) electrons. The first-order chi connectivity index (χ1) is 4.74. The first kappa shape index (κ1) is 7.98. The van der Waals surface area contributed by atoms with Crippen molar-refractivity contribution >= 4 is 0 Å². The van der Waals surface area contributed by atoms with E-state index in [4.69, 9.17) is 9.84 Å². The summed E-state index contributed by atoms with van der Waals surface area (Å²) in [6, 6.07) is 0. The van der Waals surface area contributed by atoms with Gasteiger partial charge in [-0.05, 0) is 13.8 Å². The lowest BCUT2D eigenvalue weighted by Crippen LogP contribution is -2.30. The molecule has 1 heterocycles. The van der Waals surface area contributed by atoms with Crippen molar-refractivity contribution in [1.29, 1.82) is 0 Å². The van der Waals surface area contributed by atoms with E-state index >= 15 is 0 Å². The van der Waals surface area contributed by atoms with Crippen LogP contribution < -0.4 is 0 Å². The van der Waals surface area contributed by atoms with Gasteiger partial charge in [-0.2, -0.15) is 0 Å². The lowest BCUT2D eigenvalue weighted by molar-refractivity contribution is 0.0153. The highest BCUT2D eigenvalue weighted by molar-refractivity contribution is 4.71. The molecule has 1 rings (SSSR count). The fourth-order valence-corrected chi connectivity index (χ4v) is 1.35. The first-order valence-corrected chi connectivity index (χ1v) is 3.74. The molecular weight excluding hydrogens is 130 g/mol. The van der Waals surface area contributed by atoms with Crippen LogP contribution in [0.2, 0.25) is 0 Å². The molecule has 0 amide bonds. The van der Waals surface area contributed by atoms with Gasteiger partial charge in [0.25, 0.3) is 0 Å². The molecule has 2 atom stereocenters. The molecule has 10 heavy (non-hydrogen) atoms. The molecule has 3 nitrogen and oxygen atoms in total. The summed E-state index contributed by atoms with van der Waals surface area (Å²) in [6.07, 6.45) is 0.503. The smallest absolute Gasteiger partial charge is 0.108 e. The van der Waals surface area contributed by atoms with Crippen molar-refractivity contribution in [2.24, 2.45) is 0 Å². The molecule has 0 spiro atoms. The van der Waals surface area contributed by atoms with E-state index in [0.717, 1.165) is 13.1 Å². The van der Waals surface area contributed by atoms with Gasteiger partial charge in [-0.1, -0.05) is 0 Å². The normalized spacial score (nSPS) is 35.1. The van der Waals surface area contributed by atoms with Crippen molar-refractivity contribution in [1.82, 2.24) is 4.90 Å². The van der Waals surface area contributed by atoms with Gasteiger partial charge in [-0.3, -0.25) is 4.90 Å². The Balaban J connectivity index is 2.31. The second-order valence-corrected chi connectivity index (χ2v) is 2.76. The Morgan fingerprint density at radius 1 is 1.60 bits per heavy atom. The SMILES string of the molecule is CC1CN(CCO)C(C)O1. The Hall–Kier alpha value is -0.120. The van der Waals surface area contributed by atoms with Crippen LogP contribution in [0.4, 0.5) is 0 Å². The minimum absolute atomic E-state index is 0.183. The summed E-state index contributed by atoms with van der Waals surface area (Å²) < 4.78 is 5.44. The number of aliphatic hydroxyl groups is 1. The molecular formula is C7H15NO2. The summed E-state index contributed by atoms with van der Waals surface area (Å²) >= 11 is 0. The number of hydrogen-bond donors (Lipinski definition) is 1. The molecule has 2 unspecified atom stereocenters. The molecule has 0 aromatic heterocycles. The van der Waals surface area contributed by atoms with E-state index < -0.39 is 0 Å². The molecule has 60 valence electrons. The zero-order chi connectivity index (χ0) is 7.56. The Labute approximate surface area is 61.6 Å². The standard InChI is InChI=1S/C7H15NO2/c1-6-5-8(3-4-9)7(2)10-6/h6-7,9H,3-5H2,1-2H3. The van der Waals surface area contributed by atoms with Gasteiger partial charge in [-0.15, -0.1) is 0 Å². The fraction of sp³-hybridized carbons (Fsp3) is 1.00. The van der Waals surface area contributed by atoms with Crippen molar-refractivity contribution < 1.29 is 9.84 Å². The van der Waals surface area contributed by atoms with Crippen LogP contribution in [-0.2, 0) is 4.74 Å². The van der Waals surface area contributed by atoms with Gasteiger partial charge >= 0.3 is 0 Å². The maximum atomic E-state index is 8.63. The number of hydrogen-bond acceptors (Lipinski definition) is 3. The highest BCUT2D eigenvalue weighted by Crippen LogP contribution is 2.13. The van der Waals surface area contributed by atoms with E-state index in [-0.39, 0.29) is 12.8 Å². The van der Waals surface area contributed by atoms with Crippen molar-refractivity contribution in [3.05, 3.63) is 0 Å². The summed E-state index contributed by atoms with van der Waals surface area (Å²) in [5.74, 6) is 0. The molecule has 1 aliphatic rings. The maximum Gasteiger partial charge on any atom is 0.108 e. The van der Waals surface area contributed by atoms with E-state index in [2.05, 4.69) is 4.90 Å². The molecule has 1 aliphatic heterocycles. The summed E-state index contributed by atoms with van der Waals surface area (Å²) in [6.45, 7) is 5.96. The van der Waals surface area contributed by atoms with Crippen LogP contribution in [0.25, 0.3) is 0 Å².